The Labute approximate surface area is 108 Å². The van der Waals surface area contributed by atoms with Crippen molar-refractivity contribution in [2.24, 2.45) is 23.2 Å². The van der Waals surface area contributed by atoms with E-state index in [1.807, 2.05) is 0 Å². The lowest BCUT2D eigenvalue weighted by Crippen LogP contribution is -2.39. The molecule has 1 saturated carbocycles. The van der Waals surface area contributed by atoms with Crippen molar-refractivity contribution in [2.75, 3.05) is 0 Å². The molecule has 0 aromatic rings. The first-order valence-corrected chi connectivity index (χ1v) is 7.57. The number of aliphatic hydroxyl groups is 1. The first-order valence-electron chi connectivity index (χ1n) is 7.57. The molecule has 1 rings (SSSR count). The van der Waals surface area contributed by atoms with Crippen molar-refractivity contribution in [2.45, 2.75) is 79.2 Å². The van der Waals surface area contributed by atoms with Crippen molar-refractivity contribution in [1.29, 1.82) is 0 Å². The molecular formula is C16H32O. The van der Waals surface area contributed by atoms with Crippen LogP contribution in [0.15, 0.2) is 0 Å². The van der Waals surface area contributed by atoms with Crippen LogP contribution in [0.5, 0.6) is 0 Å². The zero-order valence-corrected chi connectivity index (χ0v) is 12.5. The highest BCUT2D eigenvalue weighted by molar-refractivity contribution is 4.90. The van der Waals surface area contributed by atoms with E-state index >= 15 is 0 Å². The third-order valence-electron chi connectivity index (χ3n) is 5.40. The molecule has 102 valence electrons. The molecule has 0 saturated heterocycles. The molecule has 1 aliphatic carbocycles. The molecular weight excluding hydrogens is 208 g/mol. The van der Waals surface area contributed by atoms with Crippen molar-refractivity contribution in [3.05, 3.63) is 0 Å². The second kappa shape index (κ2) is 6.22. The summed E-state index contributed by atoms with van der Waals surface area (Å²) in [5, 5.41) is 9.90. The van der Waals surface area contributed by atoms with E-state index in [0.29, 0.717) is 5.41 Å². The summed E-state index contributed by atoms with van der Waals surface area (Å²) in [6.07, 6.45) is 6.96. The lowest BCUT2D eigenvalue weighted by Gasteiger charge is -2.48. The van der Waals surface area contributed by atoms with Crippen molar-refractivity contribution in [3.8, 4) is 0 Å². The van der Waals surface area contributed by atoms with Gasteiger partial charge in [-0.3, -0.25) is 0 Å². The molecule has 0 bridgehead atoms. The van der Waals surface area contributed by atoms with E-state index in [0.717, 1.165) is 37.0 Å². The molecule has 0 aromatic carbocycles. The molecule has 1 heteroatoms. The summed E-state index contributed by atoms with van der Waals surface area (Å²) in [7, 11) is 0. The molecule has 17 heavy (non-hydrogen) atoms. The first-order chi connectivity index (χ1) is 7.89. The third-order valence-corrected chi connectivity index (χ3v) is 5.40. The summed E-state index contributed by atoms with van der Waals surface area (Å²) in [6, 6.07) is 0. The first kappa shape index (κ1) is 15.0. The fourth-order valence-corrected chi connectivity index (χ4v) is 3.69. The highest BCUT2D eigenvalue weighted by Gasteiger charge is 2.41. The fraction of sp³-hybridized carbons (Fsp3) is 1.00. The van der Waals surface area contributed by atoms with Gasteiger partial charge in [-0.1, -0.05) is 47.5 Å². The van der Waals surface area contributed by atoms with Crippen LogP contribution >= 0.6 is 0 Å². The van der Waals surface area contributed by atoms with E-state index in [-0.39, 0.29) is 6.10 Å². The predicted octanol–water partition coefficient (Wildman–Crippen LogP) is 4.64. The summed E-state index contributed by atoms with van der Waals surface area (Å²) in [5.41, 5.74) is 0.448. The molecule has 0 spiro atoms. The van der Waals surface area contributed by atoms with E-state index in [1.54, 1.807) is 0 Å². The van der Waals surface area contributed by atoms with Gasteiger partial charge < -0.3 is 5.11 Å². The Hall–Kier alpha value is -0.0400. The summed E-state index contributed by atoms with van der Waals surface area (Å²) in [5.74, 6) is 2.44. The molecule has 1 N–H and O–H groups in total. The maximum absolute atomic E-state index is 9.90. The van der Waals surface area contributed by atoms with Crippen LogP contribution in [-0.4, -0.2) is 11.2 Å². The maximum atomic E-state index is 9.90. The number of rotatable bonds is 5. The average molecular weight is 240 g/mol. The molecule has 0 aliphatic heterocycles. The van der Waals surface area contributed by atoms with Gasteiger partial charge in [0.25, 0.3) is 0 Å². The largest absolute Gasteiger partial charge is 0.393 e. The molecule has 1 aliphatic rings. The Morgan fingerprint density at radius 2 is 1.82 bits per heavy atom. The minimum absolute atomic E-state index is 0.0692. The lowest BCUT2D eigenvalue weighted by molar-refractivity contribution is 0.0117. The highest BCUT2D eigenvalue weighted by Crippen LogP contribution is 2.49. The summed E-state index contributed by atoms with van der Waals surface area (Å²) in [4.78, 5) is 0. The Morgan fingerprint density at radius 1 is 1.18 bits per heavy atom. The van der Waals surface area contributed by atoms with E-state index < -0.39 is 0 Å². The Morgan fingerprint density at radius 3 is 2.41 bits per heavy atom. The van der Waals surface area contributed by atoms with Gasteiger partial charge in [0.05, 0.1) is 6.10 Å². The Bertz CT molecular complexity index is 222. The van der Waals surface area contributed by atoms with Crippen LogP contribution in [0.1, 0.15) is 73.1 Å². The van der Waals surface area contributed by atoms with E-state index in [2.05, 4.69) is 34.6 Å². The van der Waals surface area contributed by atoms with Crippen LogP contribution in [0.25, 0.3) is 0 Å². The fourth-order valence-electron chi connectivity index (χ4n) is 3.69. The van der Waals surface area contributed by atoms with Gasteiger partial charge in [0.15, 0.2) is 0 Å². The molecule has 1 nitrogen and oxygen atoms in total. The molecule has 0 radical (unpaired) electrons. The second-order valence-corrected chi connectivity index (χ2v) is 6.90. The second-order valence-electron chi connectivity index (χ2n) is 6.90. The van der Waals surface area contributed by atoms with Gasteiger partial charge in [0.2, 0.25) is 0 Å². The van der Waals surface area contributed by atoms with Crippen LogP contribution < -0.4 is 0 Å². The predicted molar refractivity (Wildman–Crippen MR) is 75.0 cm³/mol. The molecule has 0 heterocycles. The van der Waals surface area contributed by atoms with Gasteiger partial charge >= 0.3 is 0 Å². The van der Waals surface area contributed by atoms with Gasteiger partial charge in [0, 0.05) is 0 Å². The van der Waals surface area contributed by atoms with Gasteiger partial charge in [-0.25, -0.2) is 0 Å². The Kier molecular flexibility index (Phi) is 5.50. The smallest absolute Gasteiger partial charge is 0.0540 e. The van der Waals surface area contributed by atoms with Crippen LogP contribution in [0.2, 0.25) is 0 Å². The van der Waals surface area contributed by atoms with Gasteiger partial charge in [-0.2, -0.15) is 0 Å². The quantitative estimate of drug-likeness (QED) is 0.742. The van der Waals surface area contributed by atoms with Crippen LogP contribution in [0, 0.1) is 23.2 Å². The summed E-state index contributed by atoms with van der Waals surface area (Å²) in [6.45, 7) is 11.8. The topological polar surface area (TPSA) is 20.2 Å². The minimum atomic E-state index is -0.0692. The molecule has 0 amide bonds. The summed E-state index contributed by atoms with van der Waals surface area (Å²) >= 11 is 0. The van der Waals surface area contributed by atoms with Crippen LogP contribution in [-0.2, 0) is 0 Å². The number of aliphatic hydroxyl groups excluding tert-OH is 1. The SMILES string of the molecule is CCC[C@H](O)CCC1C(C)CCC(C)C1(C)C. The van der Waals surface area contributed by atoms with Gasteiger partial charge in [-0.15, -0.1) is 0 Å². The zero-order chi connectivity index (χ0) is 13.1. The normalized spacial score (nSPS) is 34.6. The molecule has 4 atom stereocenters. The van der Waals surface area contributed by atoms with Crippen molar-refractivity contribution in [1.82, 2.24) is 0 Å². The molecule has 1 fully saturated rings. The van der Waals surface area contributed by atoms with Crippen LogP contribution in [0.3, 0.4) is 0 Å². The average Bonchev–Trinajstić information content (AvgIpc) is 2.24. The van der Waals surface area contributed by atoms with E-state index in [4.69, 9.17) is 0 Å². The zero-order valence-electron chi connectivity index (χ0n) is 12.5. The third kappa shape index (κ3) is 3.71. The monoisotopic (exact) mass is 240 g/mol. The van der Waals surface area contributed by atoms with Crippen molar-refractivity contribution in [3.63, 3.8) is 0 Å². The maximum Gasteiger partial charge on any atom is 0.0540 e. The van der Waals surface area contributed by atoms with E-state index in [1.165, 1.54) is 19.3 Å². The van der Waals surface area contributed by atoms with Crippen LogP contribution in [0.4, 0.5) is 0 Å². The lowest BCUT2D eigenvalue weighted by atomic mass is 9.58. The minimum Gasteiger partial charge on any atom is -0.393 e. The standard InChI is InChI=1S/C16H32O/c1-6-7-14(17)10-11-15-12(2)8-9-13(3)16(15,4)5/h12-15,17H,6-11H2,1-5H3/t12?,13?,14-,15?/m0/s1. The molecule has 3 unspecified atom stereocenters. The molecule has 0 aromatic heterocycles. The highest BCUT2D eigenvalue weighted by atomic mass is 16.3. The number of hydrogen-bond acceptors (Lipinski definition) is 1. The van der Waals surface area contributed by atoms with Crippen molar-refractivity contribution < 1.29 is 5.11 Å². The summed E-state index contributed by atoms with van der Waals surface area (Å²) < 4.78 is 0. The number of hydrogen-bond donors (Lipinski definition) is 1. The van der Waals surface area contributed by atoms with E-state index in [9.17, 15) is 5.11 Å². The van der Waals surface area contributed by atoms with Gasteiger partial charge in [-0.05, 0) is 48.9 Å². The Balaban J connectivity index is 2.53. The van der Waals surface area contributed by atoms with Crippen molar-refractivity contribution >= 4 is 0 Å². The van der Waals surface area contributed by atoms with Gasteiger partial charge in [0.1, 0.15) is 0 Å².